The van der Waals surface area contributed by atoms with E-state index in [-0.39, 0.29) is 6.04 Å². The van der Waals surface area contributed by atoms with Gasteiger partial charge in [-0.2, -0.15) is 11.8 Å². The first kappa shape index (κ1) is 13.1. The van der Waals surface area contributed by atoms with Gasteiger partial charge < -0.3 is 5.73 Å². The Morgan fingerprint density at radius 3 is 2.74 bits per heavy atom. The van der Waals surface area contributed by atoms with Crippen LogP contribution in [0.3, 0.4) is 0 Å². The highest BCUT2D eigenvalue weighted by Crippen LogP contribution is 2.40. The average Bonchev–Trinajstić information content (AvgIpc) is 2.98. The monoisotopic (exact) mass is 291 g/mol. The molecule has 19 heavy (non-hydrogen) atoms. The standard InChI is InChI=1S/C14H17N3S2/c15-12(10-6-2-1-3-7-10)14-17-16-13(19-14)11-8-4-5-9-18-11/h1-3,6-7,11-12H,4-5,8-9,15H2. The van der Waals surface area contributed by atoms with Crippen LogP contribution in [0.1, 0.15) is 46.1 Å². The van der Waals surface area contributed by atoms with Crippen LogP contribution in [-0.2, 0) is 0 Å². The predicted octanol–water partition coefficient (Wildman–Crippen LogP) is 3.54. The summed E-state index contributed by atoms with van der Waals surface area (Å²) in [6, 6.07) is 9.95. The Hall–Kier alpha value is -0.910. The maximum atomic E-state index is 6.26. The minimum Gasteiger partial charge on any atom is -0.318 e. The third kappa shape index (κ3) is 2.99. The summed E-state index contributed by atoms with van der Waals surface area (Å²) >= 11 is 3.68. The second-order valence-electron chi connectivity index (χ2n) is 4.72. The van der Waals surface area contributed by atoms with Gasteiger partial charge in [0.05, 0.1) is 11.3 Å². The van der Waals surface area contributed by atoms with Gasteiger partial charge in [-0.1, -0.05) is 48.1 Å². The molecule has 5 heteroatoms. The van der Waals surface area contributed by atoms with E-state index in [1.807, 2.05) is 42.1 Å². The molecule has 2 atom stereocenters. The van der Waals surface area contributed by atoms with E-state index in [9.17, 15) is 0 Å². The highest BCUT2D eigenvalue weighted by atomic mass is 32.2. The van der Waals surface area contributed by atoms with E-state index in [1.54, 1.807) is 11.3 Å². The molecule has 1 aromatic carbocycles. The Morgan fingerprint density at radius 1 is 1.16 bits per heavy atom. The van der Waals surface area contributed by atoms with Crippen molar-refractivity contribution in [2.45, 2.75) is 30.6 Å². The van der Waals surface area contributed by atoms with E-state index < -0.39 is 0 Å². The van der Waals surface area contributed by atoms with Crippen molar-refractivity contribution in [2.75, 3.05) is 5.75 Å². The lowest BCUT2D eigenvalue weighted by atomic mass is 10.1. The molecule has 100 valence electrons. The summed E-state index contributed by atoms with van der Waals surface area (Å²) in [6.45, 7) is 0. The molecule has 1 fully saturated rings. The van der Waals surface area contributed by atoms with Crippen LogP contribution in [0.15, 0.2) is 30.3 Å². The molecule has 3 nitrogen and oxygen atoms in total. The van der Waals surface area contributed by atoms with Crippen LogP contribution >= 0.6 is 23.1 Å². The fourth-order valence-corrected chi connectivity index (χ4v) is 4.66. The van der Waals surface area contributed by atoms with Crippen LogP contribution in [-0.4, -0.2) is 16.0 Å². The molecule has 1 aliphatic heterocycles. The summed E-state index contributed by atoms with van der Waals surface area (Å²) in [5.74, 6) is 1.24. The van der Waals surface area contributed by atoms with Crippen molar-refractivity contribution in [3.8, 4) is 0 Å². The van der Waals surface area contributed by atoms with Gasteiger partial charge in [-0.25, -0.2) is 0 Å². The number of aromatic nitrogens is 2. The molecule has 0 saturated carbocycles. The molecular formula is C14H17N3S2. The zero-order valence-electron chi connectivity index (χ0n) is 10.7. The van der Waals surface area contributed by atoms with E-state index >= 15 is 0 Å². The first-order valence-electron chi connectivity index (χ1n) is 6.60. The number of rotatable bonds is 3. The smallest absolute Gasteiger partial charge is 0.138 e. The molecule has 0 bridgehead atoms. The molecule has 0 amide bonds. The molecule has 1 saturated heterocycles. The first-order chi connectivity index (χ1) is 9.34. The molecule has 0 aliphatic carbocycles. The van der Waals surface area contributed by atoms with Crippen LogP contribution in [0.4, 0.5) is 0 Å². The molecule has 2 aromatic rings. The van der Waals surface area contributed by atoms with Crippen molar-refractivity contribution >= 4 is 23.1 Å². The van der Waals surface area contributed by atoms with Gasteiger partial charge in [0.1, 0.15) is 10.0 Å². The number of hydrogen-bond acceptors (Lipinski definition) is 5. The molecule has 1 aromatic heterocycles. The van der Waals surface area contributed by atoms with Crippen molar-refractivity contribution < 1.29 is 0 Å². The Kier molecular flexibility index (Phi) is 4.15. The highest BCUT2D eigenvalue weighted by molar-refractivity contribution is 7.99. The van der Waals surface area contributed by atoms with E-state index in [2.05, 4.69) is 10.2 Å². The van der Waals surface area contributed by atoms with Crippen molar-refractivity contribution in [1.82, 2.24) is 10.2 Å². The van der Waals surface area contributed by atoms with Crippen LogP contribution in [0.25, 0.3) is 0 Å². The van der Waals surface area contributed by atoms with E-state index in [1.165, 1.54) is 25.0 Å². The fourth-order valence-electron chi connectivity index (χ4n) is 2.24. The lowest BCUT2D eigenvalue weighted by molar-refractivity contribution is 0.678. The Bertz CT molecular complexity index is 520. The zero-order chi connectivity index (χ0) is 13.1. The summed E-state index contributed by atoms with van der Waals surface area (Å²) in [7, 11) is 0. The normalized spacial score (nSPS) is 21.2. The van der Waals surface area contributed by atoms with Gasteiger partial charge in [0.15, 0.2) is 0 Å². The fraction of sp³-hybridized carbons (Fsp3) is 0.429. The summed E-state index contributed by atoms with van der Waals surface area (Å²) < 4.78 is 0. The van der Waals surface area contributed by atoms with Gasteiger partial charge in [0, 0.05) is 0 Å². The van der Waals surface area contributed by atoms with Gasteiger partial charge in [0.25, 0.3) is 0 Å². The number of nitrogens with two attached hydrogens (primary N) is 1. The zero-order valence-corrected chi connectivity index (χ0v) is 12.3. The van der Waals surface area contributed by atoms with Crippen LogP contribution in [0, 0.1) is 0 Å². The number of hydrogen-bond donors (Lipinski definition) is 1. The molecule has 0 spiro atoms. The second-order valence-corrected chi connectivity index (χ2v) is 7.07. The number of nitrogens with zero attached hydrogens (tertiary/aromatic N) is 2. The molecular weight excluding hydrogens is 274 g/mol. The van der Waals surface area contributed by atoms with Crippen molar-refractivity contribution in [3.05, 3.63) is 45.9 Å². The number of thioether (sulfide) groups is 1. The van der Waals surface area contributed by atoms with Crippen molar-refractivity contribution in [3.63, 3.8) is 0 Å². The molecule has 2 heterocycles. The number of benzene rings is 1. The maximum Gasteiger partial charge on any atom is 0.138 e. The Morgan fingerprint density at radius 2 is 2.00 bits per heavy atom. The minimum absolute atomic E-state index is 0.152. The first-order valence-corrected chi connectivity index (χ1v) is 8.46. The van der Waals surface area contributed by atoms with Gasteiger partial charge in [-0.05, 0) is 24.2 Å². The minimum atomic E-state index is -0.152. The molecule has 2 N–H and O–H groups in total. The quantitative estimate of drug-likeness (QED) is 0.939. The Labute approximate surface area is 121 Å². The summed E-state index contributed by atoms with van der Waals surface area (Å²) in [5, 5.41) is 11.3. The maximum absolute atomic E-state index is 6.26. The predicted molar refractivity (Wildman–Crippen MR) is 81.4 cm³/mol. The lowest BCUT2D eigenvalue weighted by Gasteiger charge is -2.18. The van der Waals surface area contributed by atoms with Gasteiger partial charge in [-0.15, -0.1) is 10.2 Å². The SMILES string of the molecule is NC(c1ccccc1)c1nnc(C2CCCCS2)s1. The van der Waals surface area contributed by atoms with Crippen molar-refractivity contribution in [1.29, 1.82) is 0 Å². The molecule has 0 radical (unpaired) electrons. The highest BCUT2D eigenvalue weighted by Gasteiger charge is 2.22. The van der Waals surface area contributed by atoms with E-state index in [4.69, 9.17) is 5.73 Å². The largest absolute Gasteiger partial charge is 0.318 e. The molecule has 3 rings (SSSR count). The third-order valence-electron chi connectivity index (χ3n) is 3.34. The third-order valence-corrected chi connectivity index (χ3v) is 5.99. The summed E-state index contributed by atoms with van der Waals surface area (Å²) in [4.78, 5) is 0. The van der Waals surface area contributed by atoms with Crippen LogP contribution in [0.2, 0.25) is 0 Å². The Balaban J connectivity index is 1.77. The summed E-state index contributed by atoms with van der Waals surface area (Å²) in [6.07, 6.45) is 3.85. The van der Waals surface area contributed by atoms with Crippen LogP contribution in [0.5, 0.6) is 0 Å². The topological polar surface area (TPSA) is 51.8 Å². The molecule has 1 aliphatic rings. The van der Waals surface area contributed by atoms with Gasteiger partial charge >= 0.3 is 0 Å². The lowest BCUT2D eigenvalue weighted by Crippen LogP contribution is -2.11. The van der Waals surface area contributed by atoms with Gasteiger partial charge in [0.2, 0.25) is 0 Å². The van der Waals surface area contributed by atoms with Crippen LogP contribution < -0.4 is 5.73 Å². The average molecular weight is 291 g/mol. The van der Waals surface area contributed by atoms with E-state index in [0.29, 0.717) is 5.25 Å². The van der Waals surface area contributed by atoms with Gasteiger partial charge in [-0.3, -0.25) is 0 Å². The van der Waals surface area contributed by atoms with Crippen molar-refractivity contribution in [2.24, 2.45) is 5.73 Å². The molecule has 2 unspecified atom stereocenters. The second kappa shape index (κ2) is 6.03. The van der Waals surface area contributed by atoms with E-state index in [0.717, 1.165) is 15.6 Å². The summed E-state index contributed by atoms with van der Waals surface area (Å²) in [5.41, 5.74) is 7.36.